The van der Waals surface area contributed by atoms with E-state index in [0.717, 1.165) is 24.2 Å². The van der Waals surface area contributed by atoms with E-state index in [9.17, 15) is 4.79 Å². The second kappa shape index (κ2) is 6.45. The Bertz CT molecular complexity index is 663. The highest BCUT2D eigenvalue weighted by Gasteiger charge is 2.50. The molecular formula is C20H22O3. The molecule has 23 heavy (non-hydrogen) atoms. The fourth-order valence-electron chi connectivity index (χ4n) is 3.13. The molecule has 0 heterocycles. The van der Waals surface area contributed by atoms with E-state index in [4.69, 9.17) is 9.84 Å². The van der Waals surface area contributed by atoms with Crippen molar-refractivity contribution in [3.05, 3.63) is 65.7 Å². The number of benzene rings is 2. The molecule has 0 amide bonds. The van der Waals surface area contributed by atoms with Crippen LogP contribution in [-0.2, 0) is 11.4 Å². The van der Waals surface area contributed by atoms with Crippen LogP contribution in [0.2, 0.25) is 0 Å². The molecule has 3 heteroatoms. The molecule has 0 radical (unpaired) electrons. The summed E-state index contributed by atoms with van der Waals surface area (Å²) in [5.41, 5.74) is 2.58. The van der Waals surface area contributed by atoms with Gasteiger partial charge in [0.25, 0.3) is 0 Å². The summed E-state index contributed by atoms with van der Waals surface area (Å²) in [6.45, 7) is 2.75. The molecule has 1 fully saturated rings. The Labute approximate surface area is 136 Å². The topological polar surface area (TPSA) is 46.5 Å². The fourth-order valence-corrected chi connectivity index (χ4v) is 3.13. The molecule has 0 saturated heterocycles. The number of carboxylic acids is 1. The van der Waals surface area contributed by atoms with Gasteiger partial charge >= 0.3 is 5.97 Å². The van der Waals surface area contributed by atoms with Crippen molar-refractivity contribution in [2.75, 3.05) is 0 Å². The van der Waals surface area contributed by atoms with Gasteiger partial charge in [0.15, 0.2) is 0 Å². The van der Waals surface area contributed by atoms with Gasteiger partial charge in [-0.15, -0.1) is 0 Å². The van der Waals surface area contributed by atoms with Crippen LogP contribution >= 0.6 is 0 Å². The summed E-state index contributed by atoms with van der Waals surface area (Å²) in [4.78, 5) is 10.7. The second-order valence-corrected chi connectivity index (χ2v) is 6.65. The molecule has 120 valence electrons. The van der Waals surface area contributed by atoms with E-state index in [1.807, 2.05) is 42.5 Å². The summed E-state index contributed by atoms with van der Waals surface area (Å²) in [6, 6.07) is 18.3. The maximum atomic E-state index is 10.7. The summed E-state index contributed by atoms with van der Waals surface area (Å²) in [7, 11) is 0. The lowest BCUT2D eigenvalue weighted by Crippen LogP contribution is -2.03. The minimum Gasteiger partial charge on any atom is -0.489 e. The lowest BCUT2D eigenvalue weighted by molar-refractivity contribution is -0.137. The van der Waals surface area contributed by atoms with Crippen LogP contribution in [0, 0.1) is 5.41 Å². The van der Waals surface area contributed by atoms with Gasteiger partial charge in [0.1, 0.15) is 12.4 Å². The number of carboxylic acid groups (broad SMARTS) is 1. The van der Waals surface area contributed by atoms with E-state index in [0.29, 0.717) is 12.5 Å². The maximum Gasteiger partial charge on any atom is 0.303 e. The van der Waals surface area contributed by atoms with Gasteiger partial charge in [0, 0.05) is 6.42 Å². The number of rotatable bonds is 7. The van der Waals surface area contributed by atoms with Crippen molar-refractivity contribution in [3.63, 3.8) is 0 Å². The van der Waals surface area contributed by atoms with Crippen molar-refractivity contribution in [3.8, 4) is 5.75 Å². The molecule has 0 spiro atoms. The van der Waals surface area contributed by atoms with Gasteiger partial charge in [0.2, 0.25) is 0 Å². The number of hydrogen-bond acceptors (Lipinski definition) is 2. The summed E-state index contributed by atoms with van der Waals surface area (Å²) >= 11 is 0. The second-order valence-electron chi connectivity index (χ2n) is 6.65. The third-order valence-corrected chi connectivity index (χ3v) is 4.79. The third-order valence-electron chi connectivity index (χ3n) is 4.79. The minimum absolute atomic E-state index is 0.144. The Morgan fingerprint density at radius 2 is 1.87 bits per heavy atom. The minimum atomic E-state index is -0.707. The van der Waals surface area contributed by atoms with Gasteiger partial charge in [-0.2, -0.15) is 0 Å². The van der Waals surface area contributed by atoms with Crippen molar-refractivity contribution in [1.82, 2.24) is 0 Å². The molecule has 2 atom stereocenters. The number of hydrogen-bond donors (Lipinski definition) is 1. The number of carbonyl (C=O) groups is 1. The molecule has 3 nitrogen and oxygen atoms in total. The molecule has 1 N–H and O–H groups in total. The number of ether oxygens (including phenoxy) is 1. The van der Waals surface area contributed by atoms with Crippen molar-refractivity contribution >= 4 is 5.97 Å². The normalized spacial score (nSPS) is 22.6. The van der Waals surface area contributed by atoms with Crippen LogP contribution in [0.1, 0.15) is 43.2 Å². The molecule has 2 aromatic carbocycles. The van der Waals surface area contributed by atoms with Crippen molar-refractivity contribution < 1.29 is 14.6 Å². The summed E-state index contributed by atoms with van der Waals surface area (Å²) in [5.74, 6) is 0.636. The van der Waals surface area contributed by atoms with Crippen LogP contribution in [0.4, 0.5) is 0 Å². The van der Waals surface area contributed by atoms with Gasteiger partial charge in [-0.3, -0.25) is 4.79 Å². The van der Waals surface area contributed by atoms with E-state index in [-0.39, 0.29) is 11.8 Å². The van der Waals surface area contributed by atoms with E-state index in [1.165, 1.54) is 5.56 Å². The van der Waals surface area contributed by atoms with E-state index in [2.05, 4.69) is 19.1 Å². The third kappa shape index (κ3) is 3.92. The molecule has 1 aliphatic rings. The van der Waals surface area contributed by atoms with E-state index in [1.54, 1.807) is 0 Å². The Balaban J connectivity index is 1.55. The highest BCUT2D eigenvalue weighted by molar-refractivity contribution is 5.66. The van der Waals surface area contributed by atoms with Crippen molar-refractivity contribution in [1.29, 1.82) is 0 Å². The number of aliphatic carboxylic acids is 1. The lowest BCUT2D eigenvalue weighted by atomic mass is 9.96. The molecule has 0 bridgehead atoms. The van der Waals surface area contributed by atoms with Gasteiger partial charge in [-0.1, -0.05) is 49.4 Å². The van der Waals surface area contributed by atoms with Crippen LogP contribution in [-0.4, -0.2) is 11.1 Å². The average Bonchev–Trinajstić information content (AvgIpc) is 3.25. The molecule has 0 aliphatic heterocycles. The zero-order valence-electron chi connectivity index (χ0n) is 13.4. The molecule has 1 aliphatic carbocycles. The van der Waals surface area contributed by atoms with Crippen LogP contribution in [0.3, 0.4) is 0 Å². The molecule has 2 aromatic rings. The fraction of sp³-hybridized carbons (Fsp3) is 0.350. The average molecular weight is 310 g/mol. The summed E-state index contributed by atoms with van der Waals surface area (Å²) in [6.07, 6.45) is 2.08. The highest BCUT2D eigenvalue weighted by atomic mass is 16.5. The van der Waals surface area contributed by atoms with Crippen LogP contribution in [0.15, 0.2) is 54.6 Å². The first-order valence-electron chi connectivity index (χ1n) is 8.05. The van der Waals surface area contributed by atoms with Gasteiger partial charge in [0.05, 0.1) is 0 Å². The predicted molar refractivity (Wildman–Crippen MR) is 89.6 cm³/mol. The first-order valence-corrected chi connectivity index (χ1v) is 8.05. The largest absolute Gasteiger partial charge is 0.489 e. The standard InChI is InChI=1S/C20H22O3/c1-20(12-11-19(21)22)13-18(20)16-7-9-17(10-8-16)23-14-15-5-3-2-4-6-15/h2-10,18H,11-14H2,1H3,(H,21,22). The summed E-state index contributed by atoms with van der Waals surface area (Å²) in [5, 5.41) is 8.83. The molecule has 1 saturated carbocycles. The zero-order valence-corrected chi connectivity index (χ0v) is 13.4. The monoisotopic (exact) mass is 310 g/mol. The predicted octanol–water partition coefficient (Wildman–Crippen LogP) is 4.62. The molecule has 0 aromatic heterocycles. The van der Waals surface area contributed by atoms with Crippen LogP contribution < -0.4 is 4.74 Å². The zero-order chi connectivity index (χ0) is 16.3. The van der Waals surface area contributed by atoms with Crippen LogP contribution in [0.5, 0.6) is 5.75 Å². The summed E-state index contributed by atoms with van der Waals surface area (Å²) < 4.78 is 5.80. The van der Waals surface area contributed by atoms with Crippen LogP contribution in [0.25, 0.3) is 0 Å². The highest BCUT2D eigenvalue weighted by Crippen LogP contribution is 2.61. The Morgan fingerprint density at radius 3 is 2.52 bits per heavy atom. The SMILES string of the molecule is CC1(CCC(=O)O)CC1c1ccc(OCc2ccccc2)cc1. The Hall–Kier alpha value is -2.29. The smallest absolute Gasteiger partial charge is 0.303 e. The first-order chi connectivity index (χ1) is 11.1. The van der Waals surface area contributed by atoms with Gasteiger partial charge < -0.3 is 9.84 Å². The van der Waals surface area contributed by atoms with Crippen molar-refractivity contribution in [2.45, 2.75) is 38.7 Å². The maximum absolute atomic E-state index is 10.7. The Kier molecular flexibility index (Phi) is 4.37. The Morgan fingerprint density at radius 1 is 1.17 bits per heavy atom. The molecule has 2 unspecified atom stereocenters. The van der Waals surface area contributed by atoms with Crippen molar-refractivity contribution in [2.24, 2.45) is 5.41 Å². The van der Waals surface area contributed by atoms with E-state index < -0.39 is 5.97 Å². The molecule has 3 rings (SSSR count). The first kappa shape index (κ1) is 15.6. The lowest BCUT2D eigenvalue weighted by Gasteiger charge is -2.11. The van der Waals surface area contributed by atoms with Gasteiger partial charge in [-0.05, 0) is 47.4 Å². The van der Waals surface area contributed by atoms with E-state index >= 15 is 0 Å². The molecular weight excluding hydrogens is 288 g/mol. The van der Waals surface area contributed by atoms with Gasteiger partial charge in [-0.25, -0.2) is 0 Å². The quantitative estimate of drug-likeness (QED) is 0.811.